The molecule has 0 N–H and O–H groups in total. The molecule has 0 saturated carbocycles. The summed E-state index contributed by atoms with van der Waals surface area (Å²) in [4.78, 5) is 16.9. The molecule has 12 heavy (non-hydrogen) atoms. The van der Waals surface area contributed by atoms with Crippen molar-refractivity contribution in [3.8, 4) is 0 Å². The summed E-state index contributed by atoms with van der Waals surface area (Å²) in [7, 11) is 0. The van der Waals surface area contributed by atoms with Crippen LogP contribution in [0.15, 0.2) is 36.5 Å². The van der Waals surface area contributed by atoms with Gasteiger partial charge in [0.25, 0.3) is 5.91 Å². The largest absolute Gasteiger partial charge is 0.289 e. The van der Waals surface area contributed by atoms with Gasteiger partial charge in [0.1, 0.15) is 5.82 Å². The van der Waals surface area contributed by atoms with E-state index < -0.39 is 0 Å². The van der Waals surface area contributed by atoms with E-state index in [2.05, 4.69) is 4.98 Å². The first-order valence-corrected chi connectivity index (χ1v) is 3.77. The lowest BCUT2D eigenvalue weighted by Crippen LogP contribution is -2.25. The van der Waals surface area contributed by atoms with Crippen molar-refractivity contribution in [1.82, 2.24) is 4.98 Å². The molecule has 0 bridgehead atoms. The second kappa shape index (κ2) is 2.77. The van der Waals surface area contributed by atoms with Crippen molar-refractivity contribution in [3.63, 3.8) is 0 Å². The number of carbonyl (C=O) groups excluding carboxylic acids is 1. The molecule has 1 amide bonds. The average Bonchev–Trinajstić information content (AvgIpc) is 2.53. The summed E-state index contributed by atoms with van der Waals surface area (Å²) in [5.41, 5.74) is 0. The van der Waals surface area contributed by atoms with Crippen molar-refractivity contribution in [2.24, 2.45) is 0 Å². The minimum Gasteiger partial charge on any atom is -0.289 e. The Morgan fingerprint density at radius 2 is 2.33 bits per heavy atom. The maximum absolute atomic E-state index is 11.2. The van der Waals surface area contributed by atoms with E-state index in [0.29, 0.717) is 12.4 Å². The molecule has 1 aliphatic heterocycles. The molecular formula is C9H8N2O. The molecule has 0 atom stereocenters. The zero-order valence-corrected chi connectivity index (χ0v) is 6.47. The van der Waals surface area contributed by atoms with Gasteiger partial charge in [-0.15, -0.1) is 0 Å². The molecule has 1 aromatic heterocycles. The predicted octanol–water partition coefficient (Wildman–Crippen LogP) is 0.984. The van der Waals surface area contributed by atoms with Crippen LogP contribution in [-0.4, -0.2) is 17.4 Å². The van der Waals surface area contributed by atoms with E-state index >= 15 is 0 Å². The highest BCUT2D eigenvalue weighted by molar-refractivity contribution is 6.03. The van der Waals surface area contributed by atoms with Gasteiger partial charge in [0.15, 0.2) is 0 Å². The zero-order chi connectivity index (χ0) is 8.39. The van der Waals surface area contributed by atoms with E-state index in [1.165, 1.54) is 0 Å². The van der Waals surface area contributed by atoms with Crippen LogP contribution >= 0.6 is 0 Å². The number of anilines is 1. The average molecular weight is 160 g/mol. The van der Waals surface area contributed by atoms with Crippen LogP contribution in [0.2, 0.25) is 0 Å². The maximum atomic E-state index is 11.2. The van der Waals surface area contributed by atoms with Gasteiger partial charge >= 0.3 is 0 Å². The molecule has 2 rings (SSSR count). The Kier molecular flexibility index (Phi) is 1.63. The molecule has 1 aliphatic rings. The quantitative estimate of drug-likeness (QED) is 0.613. The number of amides is 1. The molecular weight excluding hydrogens is 152 g/mol. The van der Waals surface area contributed by atoms with Gasteiger partial charge in [-0.1, -0.05) is 12.1 Å². The van der Waals surface area contributed by atoms with Crippen molar-refractivity contribution in [2.45, 2.75) is 0 Å². The number of nitrogens with zero attached hydrogens (tertiary/aromatic N) is 2. The van der Waals surface area contributed by atoms with Crippen molar-refractivity contribution in [3.05, 3.63) is 36.5 Å². The van der Waals surface area contributed by atoms with Gasteiger partial charge < -0.3 is 0 Å². The lowest BCUT2D eigenvalue weighted by Gasteiger charge is -2.13. The molecule has 0 aliphatic carbocycles. The van der Waals surface area contributed by atoms with Crippen LogP contribution in [0, 0.1) is 0 Å². The fourth-order valence-electron chi connectivity index (χ4n) is 1.16. The third-order valence-corrected chi connectivity index (χ3v) is 1.74. The molecule has 1 aromatic rings. The van der Waals surface area contributed by atoms with E-state index in [0.717, 1.165) is 0 Å². The molecule has 3 heteroatoms. The third-order valence-electron chi connectivity index (χ3n) is 1.74. The molecule has 60 valence electrons. The molecule has 0 radical (unpaired) electrons. The van der Waals surface area contributed by atoms with Gasteiger partial charge in [0.05, 0.1) is 0 Å². The fourth-order valence-corrected chi connectivity index (χ4v) is 1.16. The second-order valence-electron chi connectivity index (χ2n) is 2.54. The van der Waals surface area contributed by atoms with Crippen molar-refractivity contribution < 1.29 is 4.79 Å². The van der Waals surface area contributed by atoms with Gasteiger partial charge in [0.2, 0.25) is 0 Å². The molecule has 0 unspecified atom stereocenters. The lowest BCUT2D eigenvalue weighted by molar-refractivity contribution is -0.113. The van der Waals surface area contributed by atoms with Crippen LogP contribution in [0.25, 0.3) is 0 Å². The zero-order valence-electron chi connectivity index (χ0n) is 6.47. The third kappa shape index (κ3) is 1.09. The highest BCUT2D eigenvalue weighted by Gasteiger charge is 2.16. The Bertz CT molecular complexity index is 319. The van der Waals surface area contributed by atoms with Crippen molar-refractivity contribution in [1.29, 1.82) is 0 Å². The first-order chi connectivity index (χ1) is 5.88. The summed E-state index contributed by atoms with van der Waals surface area (Å²) in [6.07, 6.45) is 5.08. The number of pyridine rings is 1. The highest BCUT2D eigenvalue weighted by atomic mass is 16.2. The predicted molar refractivity (Wildman–Crippen MR) is 45.7 cm³/mol. The number of hydrogen-bond acceptors (Lipinski definition) is 2. The van der Waals surface area contributed by atoms with Gasteiger partial charge in [-0.3, -0.25) is 9.69 Å². The van der Waals surface area contributed by atoms with E-state index in [9.17, 15) is 4.79 Å². The van der Waals surface area contributed by atoms with Crippen LogP contribution in [0.3, 0.4) is 0 Å². The minimum absolute atomic E-state index is 0.00806. The fraction of sp³-hybridized carbons (Fsp3) is 0.111. The van der Waals surface area contributed by atoms with E-state index in [4.69, 9.17) is 0 Å². The Hall–Kier alpha value is -1.64. The topological polar surface area (TPSA) is 33.2 Å². The van der Waals surface area contributed by atoms with Gasteiger partial charge in [0, 0.05) is 18.8 Å². The van der Waals surface area contributed by atoms with Crippen LogP contribution in [0.4, 0.5) is 5.82 Å². The molecule has 0 aromatic carbocycles. The lowest BCUT2D eigenvalue weighted by atomic mass is 10.4. The van der Waals surface area contributed by atoms with Crippen molar-refractivity contribution >= 4 is 11.7 Å². The Balaban J connectivity index is 2.27. The smallest absolute Gasteiger partial charge is 0.252 e. The monoisotopic (exact) mass is 160 g/mol. The first kappa shape index (κ1) is 7.03. The van der Waals surface area contributed by atoms with Crippen LogP contribution < -0.4 is 4.90 Å². The number of hydrogen-bond donors (Lipinski definition) is 0. The summed E-state index contributed by atoms with van der Waals surface area (Å²) >= 11 is 0. The summed E-state index contributed by atoms with van der Waals surface area (Å²) in [5, 5.41) is 0. The van der Waals surface area contributed by atoms with E-state index in [1.54, 1.807) is 17.2 Å². The molecule has 0 saturated heterocycles. The summed E-state index contributed by atoms with van der Waals surface area (Å²) in [6, 6.07) is 5.52. The standard InChI is InChI=1S/C9H8N2O/c12-9-5-3-7-11(9)8-4-1-2-6-10-8/h1-6H,7H2. The van der Waals surface area contributed by atoms with Crippen molar-refractivity contribution in [2.75, 3.05) is 11.4 Å². The summed E-state index contributed by atoms with van der Waals surface area (Å²) in [6.45, 7) is 0.635. The number of carbonyl (C=O) groups is 1. The second-order valence-corrected chi connectivity index (χ2v) is 2.54. The van der Waals surface area contributed by atoms with Gasteiger partial charge in [-0.25, -0.2) is 4.98 Å². The summed E-state index contributed by atoms with van der Waals surface area (Å²) < 4.78 is 0. The van der Waals surface area contributed by atoms with E-state index in [1.807, 2.05) is 24.3 Å². The van der Waals surface area contributed by atoms with Gasteiger partial charge in [-0.2, -0.15) is 0 Å². The number of aromatic nitrogens is 1. The normalized spacial score (nSPS) is 15.7. The highest BCUT2D eigenvalue weighted by Crippen LogP contribution is 2.12. The van der Waals surface area contributed by atoms with Crippen LogP contribution in [0.1, 0.15) is 0 Å². The Morgan fingerprint density at radius 1 is 1.42 bits per heavy atom. The number of rotatable bonds is 1. The SMILES string of the molecule is O=C1C=CCN1c1ccccn1. The van der Waals surface area contributed by atoms with Crippen LogP contribution in [0.5, 0.6) is 0 Å². The minimum atomic E-state index is 0.00806. The Morgan fingerprint density at radius 3 is 2.92 bits per heavy atom. The van der Waals surface area contributed by atoms with E-state index in [-0.39, 0.29) is 5.91 Å². The summed E-state index contributed by atoms with van der Waals surface area (Å²) in [5.74, 6) is 0.723. The molecule has 0 spiro atoms. The van der Waals surface area contributed by atoms with Gasteiger partial charge in [-0.05, 0) is 12.1 Å². The first-order valence-electron chi connectivity index (χ1n) is 3.77. The van der Waals surface area contributed by atoms with Crippen LogP contribution in [-0.2, 0) is 4.79 Å². The maximum Gasteiger partial charge on any atom is 0.252 e. The Labute approximate surface area is 70.3 Å². The molecule has 2 heterocycles. The molecule has 0 fully saturated rings. The molecule has 3 nitrogen and oxygen atoms in total.